The maximum absolute atomic E-state index is 14.2. The summed E-state index contributed by atoms with van der Waals surface area (Å²) in [5.41, 5.74) is 4.25. The van der Waals surface area contributed by atoms with E-state index in [1.807, 2.05) is 25.1 Å². The van der Waals surface area contributed by atoms with E-state index in [1.54, 1.807) is 6.07 Å². The number of fused-ring (bicyclic) bond motifs is 2. The zero-order valence-electron chi connectivity index (χ0n) is 13.6. The minimum Gasteiger partial charge on any atom is -0.493 e. The molecule has 2 nitrogen and oxygen atoms in total. The van der Waals surface area contributed by atoms with Gasteiger partial charge in [0, 0.05) is 23.1 Å². The van der Waals surface area contributed by atoms with E-state index in [0.29, 0.717) is 5.92 Å². The quantitative estimate of drug-likeness (QED) is 0.786. The topological polar surface area (TPSA) is 18.5 Å². The summed E-state index contributed by atoms with van der Waals surface area (Å²) in [6.07, 6.45) is 2.58. The lowest BCUT2D eigenvalue weighted by molar-refractivity contribution is 0.202. The number of aryl methyl sites for hydroxylation is 1. The molecule has 3 heteroatoms. The van der Waals surface area contributed by atoms with Crippen LogP contribution in [0.15, 0.2) is 30.3 Å². The lowest BCUT2D eigenvalue weighted by Crippen LogP contribution is -2.06. The molecule has 0 fully saturated rings. The Balaban J connectivity index is 1.61. The van der Waals surface area contributed by atoms with Gasteiger partial charge in [0.05, 0.1) is 6.61 Å². The Morgan fingerprint density at radius 1 is 1.26 bits per heavy atom. The molecule has 1 heterocycles. The van der Waals surface area contributed by atoms with Crippen LogP contribution in [-0.4, -0.2) is 6.61 Å². The van der Waals surface area contributed by atoms with E-state index >= 15 is 0 Å². The van der Waals surface area contributed by atoms with E-state index in [-0.39, 0.29) is 11.9 Å². The van der Waals surface area contributed by atoms with Crippen molar-refractivity contribution in [3.05, 3.63) is 58.4 Å². The lowest BCUT2D eigenvalue weighted by atomic mass is 9.99. The summed E-state index contributed by atoms with van der Waals surface area (Å²) in [6.45, 7) is 4.96. The smallest absolute Gasteiger partial charge is 0.130 e. The first-order valence-electron chi connectivity index (χ1n) is 8.38. The summed E-state index contributed by atoms with van der Waals surface area (Å²) < 4.78 is 26.1. The van der Waals surface area contributed by atoms with Gasteiger partial charge in [0.2, 0.25) is 0 Å². The summed E-state index contributed by atoms with van der Waals surface area (Å²) in [5, 5.41) is 0. The number of ether oxygens (including phenoxy) is 2. The van der Waals surface area contributed by atoms with Crippen LogP contribution in [0.4, 0.5) is 4.39 Å². The van der Waals surface area contributed by atoms with Crippen LogP contribution in [0.25, 0.3) is 0 Å². The molecule has 0 aromatic heterocycles. The van der Waals surface area contributed by atoms with E-state index in [9.17, 15) is 4.39 Å². The Bertz CT molecular complexity index is 754. The summed E-state index contributed by atoms with van der Waals surface area (Å²) in [5.74, 6) is 2.00. The Morgan fingerprint density at radius 3 is 2.96 bits per heavy atom. The van der Waals surface area contributed by atoms with Crippen LogP contribution in [0.3, 0.4) is 0 Å². The van der Waals surface area contributed by atoms with Gasteiger partial charge in [0.1, 0.15) is 23.4 Å². The maximum Gasteiger partial charge on any atom is 0.130 e. The molecule has 0 bridgehead atoms. The van der Waals surface area contributed by atoms with Crippen LogP contribution in [0.1, 0.15) is 54.0 Å². The minimum atomic E-state index is -0.202. The Morgan fingerprint density at radius 2 is 2.13 bits per heavy atom. The average Bonchev–Trinajstić information content (AvgIpc) is 3.15. The predicted octanol–water partition coefficient (Wildman–Crippen LogP) is 5.09. The van der Waals surface area contributed by atoms with Crippen molar-refractivity contribution in [2.75, 3.05) is 6.61 Å². The molecule has 2 aromatic carbocycles. The first-order chi connectivity index (χ1) is 11.2. The van der Waals surface area contributed by atoms with Crippen molar-refractivity contribution in [1.82, 2.24) is 0 Å². The van der Waals surface area contributed by atoms with Crippen LogP contribution in [-0.2, 0) is 6.42 Å². The fraction of sp³-hybridized carbons (Fsp3) is 0.400. The number of hydrogen-bond acceptors (Lipinski definition) is 2. The number of halogens is 1. The lowest BCUT2D eigenvalue weighted by Gasteiger charge is -2.17. The molecule has 1 aliphatic heterocycles. The molecule has 1 aliphatic carbocycles. The normalized spacial score (nSPS) is 21.7. The van der Waals surface area contributed by atoms with Crippen LogP contribution in [0.5, 0.6) is 11.5 Å². The fourth-order valence-corrected chi connectivity index (χ4v) is 3.80. The Hall–Kier alpha value is -2.03. The highest BCUT2D eigenvalue weighted by Crippen LogP contribution is 2.42. The van der Waals surface area contributed by atoms with Gasteiger partial charge < -0.3 is 9.47 Å². The molecule has 0 unspecified atom stereocenters. The van der Waals surface area contributed by atoms with Gasteiger partial charge >= 0.3 is 0 Å². The van der Waals surface area contributed by atoms with Crippen LogP contribution < -0.4 is 9.47 Å². The molecule has 120 valence electrons. The summed E-state index contributed by atoms with van der Waals surface area (Å²) in [7, 11) is 0. The van der Waals surface area contributed by atoms with Gasteiger partial charge in [0.15, 0.2) is 0 Å². The molecule has 0 N–H and O–H groups in total. The summed E-state index contributed by atoms with van der Waals surface area (Å²) >= 11 is 0. The molecular weight excluding hydrogens is 291 g/mol. The standard InChI is InChI=1S/C20H21FO2/c1-3-13-11-22-19-10-14(5-6-16(13)19)23-18-9-7-15-12(2)4-8-17(21)20(15)18/h4-6,8,10,13,18H,3,7,9,11H2,1-2H3/t13-,18-/m1/s1. The minimum absolute atomic E-state index is 0.156. The third kappa shape index (κ3) is 2.39. The van der Waals surface area contributed by atoms with E-state index in [2.05, 4.69) is 13.0 Å². The molecule has 4 rings (SSSR count). The third-order valence-electron chi connectivity index (χ3n) is 5.15. The predicted molar refractivity (Wildman–Crippen MR) is 87.8 cm³/mol. The van der Waals surface area contributed by atoms with E-state index < -0.39 is 0 Å². The molecule has 0 saturated carbocycles. The van der Waals surface area contributed by atoms with Gasteiger partial charge in [-0.05, 0) is 49.4 Å². The molecular formula is C20H21FO2. The molecule has 2 aliphatic rings. The van der Waals surface area contributed by atoms with Crippen LogP contribution in [0, 0.1) is 12.7 Å². The van der Waals surface area contributed by atoms with Gasteiger partial charge in [-0.15, -0.1) is 0 Å². The highest BCUT2D eigenvalue weighted by atomic mass is 19.1. The van der Waals surface area contributed by atoms with Crippen molar-refractivity contribution in [2.24, 2.45) is 0 Å². The Labute approximate surface area is 136 Å². The number of rotatable bonds is 3. The third-order valence-corrected chi connectivity index (χ3v) is 5.15. The first-order valence-corrected chi connectivity index (χ1v) is 8.38. The second-order valence-electron chi connectivity index (χ2n) is 6.52. The fourth-order valence-electron chi connectivity index (χ4n) is 3.80. The van der Waals surface area contributed by atoms with Crippen LogP contribution in [0.2, 0.25) is 0 Å². The molecule has 0 amide bonds. The molecule has 0 radical (unpaired) electrons. The second-order valence-corrected chi connectivity index (χ2v) is 6.52. The van der Waals surface area contributed by atoms with E-state index in [1.165, 1.54) is 5.56 Å². The Kier molecular flexibility index (Phi) is 3.51. The largest absolute Gasteiger partial charge is 0.493 e. The molecule has 23 heavy (non-hydrogen) atoms. The van der Waals surface area contributed by atoms with Crippen molar-refractivity contribution >= 4 is 0 Å². The monoisotopic (exact) mass is 312 g/mol. The van der Waals surface area contributed by atoms with Crippen molar-refractivity contribution < 1.29 is 13.9 Å². The van der Waals surface area contributed by atoms with Gasteiger partial charge in [-0.1, -0.05) is 19.1 Å². The van der Waals surface area contributed by atoms with Gasteiger partial charge in [-0.3, -0.25) is 0 Å². The summed E-state index contributed by atoms with van der Waals surface area (Å²) in [6, 6.07) is 9.44. The van der Waals surface area contributed by atoms with Crippen LogP contribution >= 0.6 is 0 Å². The molecule has 2 aromatic rings. The van der Waals surface area contributed by atoms with Crippen molar-refractivity contribution in [1.29, 1.82) is 0 Å². The van der Waals surface area contributed by atoms with Crippen molar-refractivity contribution in [3.8, 4) is 11.5 Å². The highest BCUT2D eigenvalue weighted by molar-refractivity contribution is 5.46. The zero-order chi connectivity index (χ0) is 16.0. The zero-order valence-corrected chi connectivity index (χ0v) is 13.6. The number of hydrogen-bond donors (Lipinski definition) is 0. The van der Waals surface area contributed by atoms with E-state index in [4.69, 9.17) is 9.47 Å². The van der Waals surface area contributed by atoms with Gasteiger partial charge in [-0.2, -0.15) is 0 Å². The van der Waals surface area contributed by atoms with Crippen molar-refractivity contribution in [3.63, 3.8) is 0 Å². The highest BCUT2D eigenvalue weighted by Gasteiger charge is 2.29. The maximum atomic E-state index is 14.2. The molecule has 0 saturated heterocycles. The average molecular weight is 312 g/mol. The first kappa shape index (κ1) is 14.6. The second kappa shape index (κ2) is 5.55. The number of benzene rings is 2. The SMILES string of the molecule is CC[C@@H]1COc2cc(O[C@@H]3CCc4c(C)ccc(F)c43)ccc21. The van der Waals surface area contributed by atoms with Crippen molar-refractivity contribution in [2.45, 2.75) is 45.1 Å². The molecule has 0 spiro atoms. The van der Waals surface area contributed by atoms with E-state index in [0.717, 1.165) is 54.1 Å². The van der Waals surface area contributed by atoms with Gasteiger partial charge in [0.25, 0.3) is 0 Å². The molecule has 2 atom stereocenters. The van der Waals surface area contributed by atoms with Gasteiger partial charge in [-0.25, -0.2) is 4.39 Å². The summed E-state index contributed by atoms with van der Waals surface area (Å²) in [4.78, 5) is 0.